The third kappa shape index (κ3) is 5.55. The zero-order valence-electron chi connectivity index (χ0n) is 20.0. The van der Waals surface area contributed by atoms with Crippen LogP contribution in [-0.4, -0.2) is 39.6 Å². The van der Waals surface area contributed by atoms with Gasteiger partial charge in [-0.1, -0.05) is 35.3 Å². The molecule has 0 bridgehead atoms. The zero-order valence-corrected chi connectivity index (χ0v) is 22.3. The second-order valence-electron chi connectivity index (χ2n) is 8.71. The van der Waals surface area contributed by atoms with Gasteiger partial charge in [0.1, 0.15) is 39.9 Å². The Bertz CT molecular complexity index is 1450. The number of anilines is 1. The molecule has 10 heteroatoms. The number of nitriles is 1. The van der Waals surface area contributed by atoms with Crippen LogP contribution in [0.5, 0.6) is 17.2 Å². The summed E-state index contributed by atoms with van der Waals surface area (Å²) in [5, 5.41) is 10.3. The number of sulfonamides is 1. The van der Waals surface area contributed by atoms with Crippen molar-refractivity contribution in [2.24, 2.45) is 0 Å². The van der Waals surface area contributed by atoms with Crippen molar-refractivity contribution in [3.8, 4) is 23.3 Å². The number of hydrogen-bond donors (Lipinski definition) is 1. The van der Waals surface area contributed by atoms with E-state index in [9.17, 15) is 13.7 Å². The van der Waals surface area contributed by atoms with Crippen LogP contribution in [0.25, 0.3) is 0 Å². The van der Waals surface area contributed by atoms with E-state index in [-0.39, 0.29) is 33.1 Å². The van der Waals surface area contributed by atoms with E-state index >= 15 is 0 Å². The molecule has 1 N–H and O–H groups in total. The van der Waals surface area contributed by atoms with Crippen LogP contribution >= 0.6 is 23.2 Å². The van der Waals surface area contributed by atoms with Gasteiger partial charge in [-0.3, -0.25) is 4.72 Å². The van der Waals surface area contributed by atoms with E-state index in [2.05, 4.69) is 9.62 Å². The van der Waals surface area contributed by atoms with E-state index in [1.807, 2.05) is 20.0 Å². The third-order valence-electron chi connectivity index (χ3n) is 6.03. The Balaban J connectivity index is 1.63. The van der Waals surface area contributed by atoms with E-state index in [4.69, 9.17) is 32.7 Å². The lowest BCUT2D eigenvalue weighted by molar-refractivity contribution is 0.208. The fourth-order valence-electron chi connectivity index (χ4n) is 3.94. The minimum Gasteiger partial charge on any atom is -0.487 e. The van der Waals surface area contributed by atoms with Crippen molar-refractivity contribution in [3.05, 3.63) is 75.3 Å². The van der Waals surface area contributed by atoms with Gasteiger partial charge >= 0.3 is 0 Å². The van der Waals surface area contributed by atoms with Crippen LogP contribution in [0.2, 0.25) is 10.0 Å². The van der Waals surface area contributed by atoms with Crippen molar-refractivity contribution in [2.45, 2.75) is 31.3 Å². The van der Waals surface area contributed by atoms with E-state index in [0.29, 0.717) is 16.5 Å². The van der Waals surface area contributed by atoms with Crippen LogP contribution < -0.4 is 14.2 Å². The molecule has 7 nitrogen and oxygen atoms in total. The average Bonchev–Trinajstić information content (AvgIpc) is 3.24. The Morgan fingerprint density at radius 2 is 1.83 bits per heavy atom. The number of aryl methyl sites for hydroxylation is 1. The van der Waals surface area contributed by atoms with Gasteiger partial charge in [-0.2, -0.15) is 5.26 Å². The predicted octanol–water partition coefficient (Wildman–Crippen LogP) is 6.16. The maximum atomic E-state index is 13.4. The quantitative estimate of drug-likeness (QED) is 0.382. The molecule has 0 aliphatic carbocycles. The van der Waals surface area contributed by atoms with Crippen LogP contribution in [0.3, 0.4) is 0 Å². The number of ether oxygens (including phenoxy) is 2. The molecule has 1 saturated heterocycles. The molecule has 0 radical (unpaired) electrons. The Hall–Kier alpha value is -2.96. The van der Waals surface area contributed by atoms with Crippen LogP contribution in [0, 0.1) is 25.2 Å². The maximum absolute atomic E-state index is 13.4. The van der Waals surface area contributed by atoms with Crippen molar-refractivity contribution in [1.82, 2.24) is 4.90 Å². The summed E-state index contributed by atoms with van der Waals surface area (Å²) in [6.45, 7) is 5.33. The molecular weight excluding hydrogens is 521 g/mol. The molecule has 36 heavy (non-hydrogen) atoms. The van der Waals surface area contributed by atoms with E-state index in [1.54, 1.807) is 43.3 Å². The maximum Gasteiger partial charge on any atom is 0.265 e. The van der Waals surface area contributed by atoms with Crippen molar-refractivity contribution in [2.75, 3.05) is 24.9 Å². The number of likely N-dealkylation sites (tertiary alicyclic amines) is 1. The molecule has 3 aromatic rings. The predicted molar refractivity (Wildman–Crippen MR) is 141 cm³/mol. The minimum absolute atomic E-state index is 0.0207. The minimum atomic E-state index is -4.08. The molecule has 1 aliphatic heterocycles. The summed E-state index contributed by atoms with van der Waals surface area (Å²) in [5.41, 5.74) is 2.00. The van der Waals surface area contributed by atoms with Gasteiger partial charge in [0.05, 0.1) is 15.7 Å². The molecule has 1 atom stereocenters. The van der Waals surface area contributed by atoms with E-state index in [0.717, 1.165) is 30.6 Å². The highest BCUT2D eigenvalue weighted by Gasteiger charge is 2.24. The third-order valence-corrected chi connectivity index (χ3v) is 8.24. The zero-order chi connectivity index (χ0) is 26.0. The topological polar surface area (TPSA) is 91.7 Å². The standard InChI is InChI=1S/C26H25Cl2N3O4S/c1-16-12-23(20(14-29)26(28)17(16)2)35-22-6-4-5-7-25(22)36(32,33)30-18-8-9-21(27)24(13-18)34-19-10-11-31(3)15-19/h4-9,12-13,19,30H,10-11,15H2,1-3H3. The Kier molecular flexibility index (Phi) is 7.67. The number of nitrogens with zero attached hydrogens (tertiary/aromatic N) is 2. The summed E-state index contributed by atoms with van der Waals surface area (Å²) in [6.07, 6.45) is 0.841. The van der Waals surface area contributed by atoms with Gasteiger partial charge in [0, 0.05) is 19.2 Å². The first kappa shape index (κ1) is 26.1. The molecule has 1 fully saturated rings. The normalized spacial score (nSPS) is 15.9. The molecule has 0 spiro atoms. The molecule has 0 aromatic heterocycles. The smallest absolute Gasteiger partial charge is 0.265 e. The second-order valence-corrected chi connectivity index (χ2v) is 11.1. The highest BCUT2D eigenvalue weighted by Crippen LogP contribution is 2.37. The molecular formula is C26H25Cl2N3O4S. The van der Waals surface area contributed by atoms with Gasteiger partial charge in [-0.25, -0.2) is 8.42 Å². The highest BCUT2D eigenvalue weighted by atomic mass is 35.5. The van der Waals surface area contributed by atoms with Crippen LogP contribution in [0.4, 0.5) is 5.69 Å². The van der Waals surface area contributed by atoms with Crippen LogP contribution in [0.1, 0.15) is 23.1 Å². The molecule has 188 valence electrons. The van der Waals surface area contributed by atoms with E-state index < -0.39 is 10.0 Å². The number of hydrogen-bond acceptors (Lipinski definition) is 6. The number of rotatable bonds is 7. The number of para-hydroxylation sites is 1. The largest absolute Gasteiger partial charge is 0.487 e. The van der Waals surface area contributed by atoms with Crippen molar-refractivity contribution >= 4 is 38.9 Å². The lowest BCUT2D eigenvalue weighted by atomic mass is 10.1. The van der Waals surface area contributed by atoms with E-state index in [1.165, 1.54) is 12.1 Å². The summed E-state index contributed by atoms with van der Waals surface area (Å²) >= 11 is 12.7. The molecule has 4 rings (SSSR count). The second kappa shape index (κ2) is 10.6. The summed E-state index contributed by atoms with van der Waals surface area (Å²) in [6, 6.07) is 14.6. The lowest BCUT2D eigenvalue weighted by Crippen LogP contribution is -2.21. The first-order valence-electron chi connectivity index (χ1n) is 11.2. The summed E-state index contributed by atoms with van der Waals surface area (Å²) in [5.74, 6) is 0.641. The summed E-state index contributed by atoms with van der Waals surface area (Å²) < 4.78 is 41.3. The molecule has 0 amide bonds. The van der Waals surface area contributed by atoms with Crippen molar-refractivity contribution in [1.29, 1.82) is 5.26 Å². The highest BCUT2D eigenvalue weighted by molar-refractivity contribution is 7.92. The van der Waals surface area contributed by atoms with Gasteiger partial charge in [-0.15, -0.1) is 0 Å². The van der Waals surface area contributed by atoms with Gasteiger partial charge in [0.25, 0.3) is 10.0 Å². The molecule has 3 aromatic carbocycles. The Labute approximate surface area is 221 Å². The van der Waals surface area contributed by atoms with Crippen LogP contribution in [-0.2, 0) is 10.0 Å². The number of halogens is 2. The van der Waals surface area contributed by atoms with Crippen LogP contribution in [0.15, 0.2) is 53.4 Å². The summed E-state index contributed by atoms with van der Waals surface area (Å²) in [4.78, 5) is 2.06. The van der Waals surface area contributed by atoms with Crippen molar-refractivity contribution in [3.63, 3.8) is 0 Å². The molecule has 1 aliphatic rings. The first-order chi connectivity index (χ1) is 17.1. The Morgan fingerprint density at radius 3 is 2.53 bits per heavy atom. The lowest BCUT2D eigenvalue weighted by Gasteiger charge is -2.17. The fourth-order valence-corrected chi connectivity index (χ4v) is 5.57. The Morgan fingerprint density at radius 1 is 1.08 bits per heavy atom. The number of nitrogens with one attached hydrogen (secondary N) is 1. The van der Waals surface area contributed by atoms with Gasteiger partial charge in [0.15, 0.2) is 0 Å². The SMILES string of the molecule is Cc1cc(Oc2ccccc2S(=O)(=O)Nc2ccc(Cl)c(OC3CCN(C)C3)c2)c(C#N)c(Cl)c1C. The van der Waals surface area contributed by atoms with Gasteiger partial charge in [0.2, 0.25) is 0 Å². The fraction of sp³-hybridized carbons (Fsp3) is 0.269. The average molecular weight is 546 g/mol. The van der Waals surface area contributed by atoms with Crippen molar-refractivity contribution < 1.29 is 17.9 Å². The number of benzene rings is 3. The van der Waals surface area contributed by atoms with Gasteiger partial charge < -0.3 is 14.4 Å². The summed E-state index contributed by atoms with van der Waals surface area (Å²) in [7, 11) is -2.06. The van der Waals surface area contributed by atoms with Gasteiger partial charge in [-0.05, 0) is 68.8 Å². The molecule has 0 saturated carbocycles. The molecule has 1 heterocycles. The number of likely N-dealkylation sites (N-methyl/N-ethyl adjacent to an activating group) is 1. The monoisotopic (exact) mass is 545 g/mol. The first-order valence-corrected chi connectivity index (χ1v) is 13.5. The molecule has 1 unspecified atom stereocenters.